The van der Waals surface area contributed by atoms with Crippen molar-refractivity contribution >= 4 is 45.0 Å². The predicted molar refractivity (Wildman–Crippen MR) is 83.1 cm³/mol. The SMILES string of the molecule is Cc1cc(C)c(C(=O)O)c(Nc2ccc(Cl)c(Br)c2)n1. The number of carboxylic acids is 1. The Bertz CT molecular complexity index is 689. The smallest absolute Gasteiger partial charge is 0.339 e. The first-order valence-electron chi connectivity index (χ1n) is 5.82. The van der Waals surface area contributed by atoms with Crippen LogP contribution in [0.1, 0.15) is 21.6 Å². The second-order valence-corrected chi connectivity index (χ2v) is 5.62. The zero-order chi connectivity index (χ0) is 14.9. The lowest BCUT2D eigenvalue weighted by Gasteiger charge is -2.12. The summed E-state index contributed by atoms with van der Waals surface area (Å²) >= 11 is 9.26. The lowest BCUT2D eigenvalue weighted by Crippen LogP contribution is -2.08. The van der Waals surface area contributed by atoms with Gasteiger partial charge in [-0.15, -0.1) is 0 Å². The number of aromatic carboxylic acids is 1. The molecule has 20 heavy (non-hydrogen) atoms. The lowest BCUT2D eigenvalue weighted by molar-refractivity contribution is 0.0697. The maximum absolute atomic E-state index is 11.4. The van der Waals surface area contributed by atoms with Gasteiger partial charge in [-0.25, -0.2) is 9.78 Å². The summed E-state index contributed by atoms with van der Waals surface area (Å²) in [5.74, 6) is -0.685. The standard InChI is InChI=1S/C14H12BrClN2O2/c1-7-5-8(2)17-13(12(7)14(19)20)18-9-3-4-11(16)10(15)6-9/h3-6H,1-2H3,(H,17,18)(H,19,20). The molecule has 0 fully saturated rings. The minimum atomic E-state index is -1.01. The summed E-state index contributed by atoms with van der Waals surface area (Å²) in [5, 5.41) is 12.9. The average molecular weight is 356 g/mol. The van der Waals surface area contributed by atoms with Crippen molar-refractivity contribution in [3.8, 4) is 0 Å². The molecule has 1 aromatic carbocycles. The zero-order valence-electron chi connectivity index (χ0n) is 10.9. The van der Waals surface area contributed by atoms with Gasteiger partial charge in [0.05, 0.1) is 5.02 Å². The largest absolute Gasteiger partial charge is 0.478 e. The van der Waals surface area contributed by atoms with E-state index in [1.807, 2.05) is 6.92 Å². The Morgan fingerprint density at radius 2 is 2.05 bits per heavy atom. The molecule has 6 heteroatoms. The van der Waals surface area contributed by atoms with Crippen LogP contribution in [0.25, 0.3) is 0 Å². The van der Waals surface area contributed by atoms with Crippen LogP contribution in [-0.2, 0) is 0 Å². The molecule has 1 aromatic heterocycles. The van der Waals surface area contributed by atoms with Gasteiger partial charge in [0.1, 0.15) is 11.4 Å². The van der Waals surface area contributed by atoms with Crippen LogP contribution in [0.3, 0.4) is 0 Å². The van der Waals surface area contributed by atoms with Gasteiger partial charge in [-0.2, -0.15) is 0 Å². The van der Waals surface area contributed by atoms with E-state index < -0.39 is 5.97 Å². The van der Waals surface area contributed by atoms with Crippen molar-refractivity contribution in [1.82, 2.24) is 4.98 Å². The van der Waals surface area contributed by atoms with Crippen LogP contribution in [0.2, 0.25) is 5.02 Å². The number of anilines is 2. The van der Waals surface area contributed by atoms with Gasteiger partial charge in [-0.3, -0.25) is 0 Å². The summed E-state index contributed by atoms with van der Waals surface area (Å²) < 4.78 is 0.727. The Hall–Kier alpha value is -1.59. The van der Waals surface area contributed by atoms with Crippen molar-refractivity contribution in [3.63, 3.8) is 0 Å². The van der Waals surface area contributed by atoms with Crippen LogP contribution < -0.4 is 5.32 Å². The van der Waals surface area contributed by atoms with Gasteiger partial charge in [0, 0.05) is 15.9 Å². The maximum atomic E-state index is 11.4. The summed E-state index contributed by atoms with van der Waals surface area (Å²) in [6.45, 7) is 3.57. The number of halogens is 2. The van der Waals surface area contributed by atoms with Gasteiger partial charge in [-0.1, -0.05) is 11.6 Å². The molecule has 0 radical (unpaired) electrons. The van der Waals surface area contributed by atoms with Crippen molar-refractivity contribution in [2.45, 2.75) is 13.8 Å². The molecule has 0 saturated heterocycles. The highest BCUT2D eigenvalue weighted by Gasteiger charge is 2.16. The van der Waals surface area contributed by atoms with Gasteiger partial charge in [0.15, 0.2) is 0 Å². The molecule has 0 atom stereocenters. The fraction of sp³-hybridized carbons (Fsp3) is 0.143. The Morgan fingerprint density at radius 1 is 1.35 bits per heavy atom. The fourth-order valence-corrected chi connectivity index (χ4v) is 2.40. The van der Waals surface area contributed by atoms with Gasteiger partial charge in [0.2, 0.25) is 0 Å². The van der Waals surface area contributed by atoms with Gasteiger partial charge >= 0.3 is 5.97 Å². The van der Waals surface area contributed by atoms with E-state index in [0.29, 0.717) is 22.1 Å². The summed E-state index contributed by atoms with van der Waals surface area (Å²) in [5.41, 5.74) is 2.30. The van der Waals surface area contributed by atoms with Gasteiger partial charge in [0.25, 0.3) is 0 Å². The molecule has 104 valence electrons. The summed E-state index contributed by atoms with van der Waals surface area (Å²) in [6.07, 6.45) is 0. The van der Waals surface area contributed by atoms with Gasteiger partial charge in [-0.05, 0) is 59.6 Å². The predicted octanol–water partition coefficient (Wildman–Crippen LogP) is 4.56. The number of rotatable bonds is 3. The minimum absolute atomic E-state index is 0.168. The monoisotopic (exact) mass is 354 g/mol. The van der Waals surface area contributed by atoms with Crippen LogP contribution in [0, 0.1) is 13.8 Å². The van der Waals surface area contributed by atoms with Crippen LogP contribution >= 0.6 is 27.5 Å². The molecule has 4 nitrogen and oxygen atoms in total. The first-order chi connectivity index (χ1) is 9.38. The molecule has 2 aromatic rings. The average Bonchev–Trinajstić information content (AvgIpc) is 2.32. The quantitative estimate of drug-likeness (QED) is 0.847. The second-order valence-electron chi connectivity index (χ2n) is 4.36. The molecular formula is C14H12BrClN2O2. The van der Waals surface area contributed by atoms with Crippen molar-refractivity contribution < 1.29 is 9.90 Å². The van der Waals surface area contributed by atoms with E-state index in [9.17, 15) is 9.90 Å². The summed E-state index contributed by atoms with van der Waals surface area (Å²) in [7, 11) is 0. The minimum Gasteiger partial charge on any atom is -0.478 e. The fourth-order valence-electron chi connectivity index (χ4n) is 1.91. The Kier molecular flexibility index (Phi) is 4.30. The van der Waals surface area contributed by atoms with Crippen molar-refractivity contribution in [2.24, 2.45) is 0 Å². The van der Waals surface area contributed by atoms with E-state index in [4.69, 9.17) is 11.6 Å². The third-order valence-electron chi connectivity index (χ3n) is 2.74. The number of benzene rings is 1. The molecular weight excluding hydrogens is 344 g/mol. The van der Waals surface area contributed by atoms with E-state index >= 15 is 0 Å². The van der Waals surface area contributed by atoms with E-state index in [1.165, 1.54) is 0 Å². The van der Waals surface area contributed by atoms with Crippen molar-refractivity contribution in [1.29, 1.82) is 0 Å². The number of carbonyl (C=O) groups is 1. The molecule has 0 aliphatic rings. The lowest BCUT2D eigenvalue weighted by atomic mass is 10.1. The van der Waals surface area contributed by atoms with Gasteiger partial charge < -0.3 is 10.4 Å². The van der Waals surface area contributed by atoms with Crippen LogP contribution in [0.4, 0.5) is 11.5 Å². The highest BCUT2D eigenvalue weighted by Crippen LogP contribution is 2.28. The topological polar surface area (TPSA) is 62.2 Å². The Balaban J connectivity index is 2.47. The molecule has 0 amide bonds. The molecule has 0 bridgehead atoms. The van der Waals surface area contributed by atoms with E-state index in [0.717, 1.165) is 10.2 Å². The molecule has 0 aliphatic heterocycles. The molecule has 0 saturated carbocycles. The van der Waals surface area contributed by atoms with E-state index in [1.54, 1.807) is 31.2 Å². The number of nitrogens with zero attached hydrogens (tertiary/aromatic N) is 1. The van der Waals surface area contributed by atoms with Crippen molar-refractivity contribution in [2.75, 3.05) is 5.32 Å². The molecule has 0 aliphatic carbocycles. The first kappa shape index (κ1) is 14.8. The summed E-state index contributed by atoms with van der Waals surface area (Å²) in [6, 6.07) is 6.99. The molecule has 1 heterocycles. The number of pyridine rings is 1. The summed E-state index contributed by atoms with van der Waals surface area (Å²) in [4.78, 5) is 15.6. The number of aryl methyl sites for hydroxylation is 2. The number of aromatic nitrogens is 1. The van der Waals surface area contributed by atoms with Crippen LogP contribution in [0.5, 0.6) is 0 Å². The highest BCUT2D eigenvalue weighted by atomic mass is 79.9. The zero-order valence-corrected chi connectivity index (χ0v) is 13.2. The van der Waals surface area contributed by atoms with Crippen LogP contribution in [-0.4, -0.2) is 16.1 Å². The Labute approximate surface area is 129 Å². The second kappa shape index (κ2) is 5.81. The van der Waals surface area contributed by atoms with Crippen molar-refractivity contribution in [3.05, 3.63) is 50.6 Å². The molecule has 2 rings (SSSR count). The van der Waals surface area contributed by atoms with E-state index in [2.05, 4.69) is 26.2 Å². The number of hydrogen-bond acceptors (Lipinski definition) is 3. The molecule has 0 unspecified atom stereocenters. The van der Waals surface area contributed by atoms with E-state index in [-0.39, 0.29) is 5.56 Å². The Morgan fingerprint density at radius 3 is 2.65 bits per heavy atom. The molecule has 2 N–H and O–H groups in total. The maximum Gasteiger partial charge on any atom is 0.339 e. The third kappa shape index (κ3) is 3.11. The third-order valence-corrected chi connectivity index (χ3v) is 3.95. The molecule has 0 spiro atoms. The number of nitrogens with one attached hydrogen (secondary N) is 1. The van der Waals surface area contributed by atoms with Crippen LogP contribution in [0.15, 0.2) is 28.7 Å². The highest BCUT2D eigenvalue weighted by molar-refractivity contribution is 9.10. The normalized spacial score (nSPS) is 10.4. The number of carboxylic acid groups (broad SMARTS) is 1. The first-order valence-corrected chi connectivity index (χ1v) is 6.99. The number of hydrogen-bond donors (Lipinski definition) is 2.